The number of hydrogen-bond donors (Lipinski definition) is 3. The van der Waals surface area contributed by atoms with Crippen LogP contribution in [0.5, 0.6) is 0 Å². The molecule has 7 heteroatoms. The van der Waals surface area contributed by atoms with Crippen molar-refractivity contribution in [1.29, 1.82) is 0 Å². The summed E-state index contributed by atoms with van der Waals surface area (Å²) in [6.07, 6.45) is 1.16. The molecule has 1 aromatic carbocycles. The third-order valence-corrected chi connectivity index (χ3v) is 4.12. The van der Waals surface area contributed by atoms with E-state index in [4.69, 9.17) is 34.1 Å². The Morgan fingerprint density at radius 2 is 2.15 bits per heavy atom. The van der Waals surface area contributed by atoms with Crippen LogP contribution in [-0.2, 0) is 4.79 Å². The summed E-state index contributed by atoms with van der Waals surface area (Å²) < 4.78 is 0. The minimum atomic E-state index is -0.873. The van der Waals surface area contributed by atoms with Crippen molar-refractivity contribution in [3.63, 3.8) is 0 Å². The molecule has 2 rings (SSSR count). The lowest BCUT2D eigenvalue weighted by Gasteiger charge is -2.20. The monoisotopic (exact) mass is 315 g/mol. The van der Waals surface area contributed by atoms with Crippen LogP contribution < -0.4 is 11.1 Å². The van der Waals surface area contributed by atoms with Gasteiger partial charge in [0.25, 0.3) is 0 Å². The van der Waals surface area contributed by atoms with Crippen LogP contribution in [0.15, 0.2) is 23.4 Å². The van der Waals surface area contributed by atoms with Gasteiger partial charge < -0.3 is 16.3 Å². The highest BCUT2D eigenvalue weighted by atomic mass is 35.5. The SMILES string of the molecule is CC(NC(=O)C1(/C(N)=N/O)CC1)c1ccc(Cl)cc1Cl. The number of carbonyl (C=O) groups is 1. The lowest BCUT2D eigenvalue weighted by atomic mass is 10.0. The molecule has 0 radical (unpaired) electrons. The number of amidine groups is 1. The maximum absolute atomic E-state index is 12.2. The standard InChI is InChI=1S/C13H15Cl2N3O2/c1-7(9-3-2-8(14)6-10(9)15)17-12(19)13(4-5-13)11(16)18-20/h2-3,6-7,20H,4-5H2,1H3,(H2,16,18)(H,17,19). The van der Waals surface area contributed by atoms with Crippen molar-refractivity contribution >= 4 is 34.9 Å². The van der Waals surface area contributed by atoms with E-state index in [0.717, 1.165) is 5.56 Å². The molecule has 1 fully saturated rings. The summed E-state index contributed by atoms with van der Waals surface area (Å²) in [7, 11) is 0. The Kier molecular flexibility index (Phi) is 4.11. The number of rotatable bonds is 4. The predicted molar refractivity (Wildman–Crippen MR) is 78.1 cm³/mol. The van der Waals surface area contributed by atoms with E-state index in [-0.39, 0.29) is 17.8 Å². The molecule has 1 aromatic rings. The summed E-state index contributed by atoms with van der Waals surface area (Å²) in [6, 6.07) is 4.80. The van der Waals surface area contributed by atoms with E-state index in [1.54, 1.807) is 18.2 Å². The number of halogens is 2. The number of oxime groups is 1. The van der Waals surface area contributed by atoms with E-state index in [9.17, 15) is 4.79 Å². The molecule has 0 bridgehead atoms. The van der Waals surface area contributed by atoms with Gasteiger partial charge in [-0.15, -0.1) is 0 Å². The molecule has 1 aliphatic carbocycles. The zero-order chi connectivity index (χ0) is 14.9. The van der Waals surface area contributed by atoms with Gasteiger partial charge in [0, 0.05) is 10.0 Å². The van der Waals surface area contributed by atoms with Gasteiger partial charge in [-0.05, 0) is 37.5 Å². The van der Waals surface area contributed by atoms with E-state index >= 15 is 0 Å². The molecule has 1 atom stereocenters. The molecule has 1 saturated carbocycles. The number of nitrogens with one attached hydrogen (secondary N) is 1. The Bertz CT molecular complexity index is 571. The number of carbonyl (C=O) groups excluding carboxylic acids is 1. The molecule has 0 heterocycles. The fourth-order valence-electron chi connectivity index (χ4n) is 2.09. The Labute approximate surface area is 126 Å². The molecular formula is C13H15Cl2N3O2. The molecule has 0 aliphatic heterocycles. The number of nitrogens with zero attached hydrogens (tertiary/aromatic N) is 1. The van der Waals surface area contributed by atoms with Crippen LogP contribution in [0.3, 0.4) is 0 Å². The molecule has 1 amide bonds. The van der Waals surface area contributed by atoms with Gasteiger partial charge in [0.2, 0.25) is 5.91 Å². The summed E-state index contributed by atoms with van der Waals surface area (Å²) in [5, 5.41) is 15.5. The van der Waals surface area contributed by atoms with Gasteiger partial charge in [-0.1, -0.05) is 34.4 Å². The summed E-state index contributed by atoms with van der Waals surface area (Å²) in [6.45, 7) is 1.81. The molecule has 4 N–H and O–H groups in total. The second-order valence-electron chi connectivity index (χ2n) is 4.93. The van der Waals surface area contributed by atoms with Crippen LogP contribution >= 0.6 is 23.2 Å². The first-order valence-corrected chi connectivity index (χ1v) is 6.90. The van der Waals surface area contributed by atoms with Crippen LogP contribution in [0.2, 0.25) is 10.0 Å². The third kappa shape index (κ3) is 2.69. The average Bonchev–Trinajstić information content (AvgIpc) is 3.19. The molecule has 0 spiro atoms. The van der Waals surface area contributed by atoms with Crippen LogP contribution in [0.4, 0.5) is 0 Å². The minimum absolute atomic E-state index is 0.0515. The van der Waals surface area contributed by atoms with E-state index in [2.05, 4.69) is 10.5 Å². The number of benzene rings is 1. The van der Waals surface area contributed by atoms with Crippen molar-refractivity contribution in [3.05, 3.63) is 33.8 Å². The quantitative estimate of drug-likeness (QED) is 0.345. The lowest BCUT2D eigenvalue weighted by Crippen LogP contribution is -2.41. The molecule has 20 heavy (non-hydrogen) atoms. The van der Waals surface area contributed by atoms with Crippen molar-refractivity contribution in [3.8, 4) is 0 Å². The van der Waals surface area contributed by atoms with Gasteiger partial charge in [0.05, 0.1) is 6.04 Å². The minimum Gasteiger partial charge on any atom is -0.409 e. The van der Waals surface area contributed by atoms with Crippen LogP contribution in [0.1, 0.15) is 31.4 Å². The lowest BCUT2D eigenvalue weighted by molar-refractivity contribution is -0.124. The topological polar surface area (TPSA) is 87.7 Å². The van der Waals surface area contributed by atoms with Gasteiger partial charge >= 0.3 is 0 Å². The largest absolute Gasteiger partial charge is 0.409 e. The van der Waals surface area contributed by atoms with E-state index in [1.807, 2.05) is 6.92 Å². The molecule has 108 valence electrons. The molecule has 1 aliphatic rings. The molecule has 0 aromatic heterocycles. The molecule has 0 saturated heterocycles. The fourth-order valence-corrected chi connectivity index (χ4v) is 2.66. The number of amides is 1. The van der Waals surface area contributed by atoms with E-state index < -0.39 is 5.41 Å². The van der Waals surface area contributed by atoms with E-state index in [0.29, 0.717) is 22.9 Å². The molecule has 1 unspecified atom stereocenters. The Balaban J connectivity index is 2.12. The summed E-state index contributed by atoms with van der Waals surface area (Å²) in [5.74, 6) is -0.310. The van der Waals surface area contributed by atoms with E-state index in [1.165, 1.54) is 0 Å². The highest BCUT2D eigenvalue weighted by molar-refractivity contribution is 6.35. The zero-order valence-corrected chi connectivity index (χ0v) is 12.4. The zero-order valence-electron chi connectivity index (χ0n) is 10.9. The highest BCUT2D eigenvalue weighted by Crippen LogP contribution is 2.46. The smallest absolute Gasteiger partial charge is 0.234 e. The first-order valence-electron chi connectivity index (χ1n) is 6.14. The summed E-state index contributed by atoms with van der Waals surface area (Å²) in [4.78, 5) is 12.2. The second-order valence-corrected chi connectivity index (χ2v) is 5.77. The van der Waals surface area contributed by atoms with Crippen molar-refractivity contribution in [2.24, 2.45) is 16.3 Å². The van der Waals surface area contributed by atoms with Gasteiger partial charge in [0.15, 0.2) is 5.84 Å². The first-order chi connectivity index (χ1) is 9.40. The van der Waals surface area contributed by atoms with Gasteiger partial charge in [0.1, 0.15) is 5.41 Å². The van der Waals surface area contributed by atoms with Crippen LogP contribution in [-0.4, -0.2) is 17.0 Å². The Morgan fingerprint density at radius 1 is 1.50 bits per heavy atom. The van der Waals surface area contributed by atoms with Crippen molar-refractivity contribution in [2.75, 3.05) is 0 Å². The third-order valence-electron chi connectivity index (χ3n) is 3.56. The Morgan fingerprint density at radius 3 is 2.65 bits per heavy atom. The van der Waals surface area contributed by atoms with Crippen molar-refractivity contribution in [1.82, 2.24) is 5.32 Å². The maximum Gasteiger partial charge on any atom is 0.234 e. The van der Waals surface area contributed by atoms with Gasteiger partial charge in [-0.25, -0.2) is 0 Å². The first kappa shape index (κ1) is 14.9. The Hall–Kier alpha value is -1.46. The van der Waals surface area contributed by atoms with Crippen LogP contribution in [0.25, 0.3) is 0 Å². The van der Waals surface area contributed by atoms with Gasteiger partial charge in [-0.3, -0.25) is 4.79 Å². The second kappa shape index (κ2) is 5.50. The summed E-state index contributed by atoms with van der Waals surface area (Å²) in [5.41, 5.74) is 5.46. The van der Waals surface area contributed by atoms with Gasteiger partial charge in [-0.2, -0.15) is 0 Å². The summed E-state index contributed by atoms with van der Waals surface area (Å²) >= 11 is 11.9. The normalized spacial score (nSPS) is 18.4. The molecular weight excluding hydrogens is 301 g/mol. The predicted octanol–water partition coefficient (Wildman–Crippen LogP) is 2.70. The fraction of sp³-hybridized carbons (Fsp3) is 0.385. The number of nitrogens with two attached hydrogens (primary N) is 1. The van der Waals surface area contributed by atoms with Crippen LogP contribution in [0, 0.1) is 5.41 Å². The van der Waals surface area contributed by atoms with Crippen molar-refractivity contribution < 1.29 is 10.0 Å². The number of hydrogen-bond acceptors (Lipinski definition) is 3. The maximum atomic E-state index is 12.2. The average molecular weight is 316 g/mol. The highest BCUT2D eigenvalue weighted by Gasteiger charge is 2.54. The molecule has 5 nitrogen and oxygen atoms in total. The van der Waals surface area contributed by atoms with Crippen molar-refractivity contribution in [2.45, 2.75) is 25.8 Å².